The number of carbonyl (C=O) groups is 2. The molecule has 6 nitrogen and oxygen atoms in total. The molecule has 0 atom stereocenters. The summed E-state index contributed by atoms with van der Waals surface area (Å²) < 4.78 is 19.7. The highest BCUT2D eigenvalue weighted by Gasteiger charge is 2.49. The molecule has 3 aliphatic rings. The molecule has 2 fully saturated rings. The van der Waals surface area contributed by atoms with E-state index in [-0.39, 0.29) is 11.6 Å². The number of benzene rings is 1. The lowest BCUT2D eigenvalue weighted by molar-refractivity contribution is -0.0384. The summed E-state index contributed by atoms with van der Waals surface area (Å²) in [7, 11) is 1.84. The summed E-state index contributed by atoms with van der Waals surface area (Å²) in [5.74, 6) is -1.12. The first kappa shape index (κ1) is 19.2. The molecule has 0 bridgehead atoms. The van der Waals surface area contributed by atoms with Crippen molar-refractivity contribution in [2.75, 3.05) is 46.3 Å². The average Bonchev–Trinajstić information content (AvgIpc) is 2.99. The number of hydrogen-bond donors (Lipinski definition) is 0. The molecule has 0 unspecified atom stereocenters. The minimum atomic E-state index is -0.794. The molecule has 152 valence electrons. The first-order chi connectivity index (χ1) is 13.5. The Kier molecular flexibility index (Phi) is 5.27. The van der Waals surface area contributed by atoms with Crippen LogP contribution in [0.15, 0.2) is 18.2 Å². The van der Waals surface area contributed by atoms with Crippen molar-refractivity contribution in [2.24, 2.45) is 0 Å². The number of likely N-dealkylation sites (tertiary alicyclic amines) is 2. The molecule has 7 heteroatoms. The van der Waals surface area contributed by atoms with Crippen LogP contribution in [0.25, 0.3) is 0 Å². The van der Waals surface area contributed by atoms with Crippen LogP contribution in [-0.4, -0.2) is 73.0 Å². The molecule has 0 aliphatic carbocycles. The standard InChI is InChI=1S/C21H28FN3O3/c1-23(14-15-24-10-3-2-4-11-24)20(27)25-12-8-21(9-13-25)16-6-5-7-17(22)18(16)19(26)28-21/h5-7H,2-4,8-15H2,1H3. The highest BCUT2D eigenvalue weighted by molar-refractivity contribution is 5.95. The third-order valence-electron chi connectivity index (χ3n) is 6.37. The van der Waals surface area contributed by atoms with E-state index in [0.29, 0.717) is 38.0 Å². The second kappa shape index (κ2) is 7.70. The van der Waals surface area contributed by atoms with Crippen LogP contribution in [0.3, 0.4) is 0 Å². The monoisotopic (exact) mass is 389 g/mol. The third-order valence-corrected chi connectivity index (χ3v) is 6.37. The Morgan fingerprint density at radius 3 is 2.61 bits per heavy atom. The van der Waals surface area contributed by atoms with E-state index in [1.807, 2.05) is 11.9 Å². The van der Waals surface area contributed by atoms with Crippen molar-refractivity contribution in [1.82, 2.24) is 14.7 Å². The fourth-order valence-electron chi connectivity index (χ4n) is 4.64. The summed E-state index contributed by atoms with van der Waals surface area (Å²) in [5.41, 5.74) is -0.110. The van der Waals surface area contributed by atoms with Gasteiger partial charge in [0.2, 0.25) is 0 Å². The van der Waals surface area contributed by atoms with Crippen LogP contribution in [-0.2, 0) is 10.3 Å². The van der Waals surface area contributed by atoms with Crippen LogP contribution >= 0.6 is 0 Å². The van der Waals surface area contributed by atoms with Gasteiger partial charge in [0.1, 0.15) is 17.0 Å². The van der Waals surface area contributed by atoms with E-state index in [1.165, 1.54) is 25.3 Å². The van der Waals surface area contributed by atoms with Crippen molar-refractivity contribution < 1.29 is 18.7 Å². The van der Waals surface area contributed by atoms with Gasteiger partial charge in [0.15, 0.2) is 0 Å². The molecule has 0 saturated carbocycles. The molecule has 2 amide bonds. The molecule has 0 aromatic heterocycles. The Morgan fingerprint density at radius 1 is 1.18 bits per heavy atom. The zero-order valence-corrected chi connectivity index (χ0v) is 16.5. The van der Waals surface area contributed by atoms with E-state index in [1.54, 1.807) is 17.0 Å². The van der Waals surface area contributed by atoms with Gasteiger partial charge in [0.25, 0.3) is 0 Å². The lowest BCUT2D eigenvalue weighted by atomic mass is 9.83. The Morgan fingerprint density at radius 2 is 1.89 bits per heavy atom. The second-order valence-electron chi connectivity index (χ2n) is 8.14. The number of halogens is 1. The van der Waals surface area contributed by atoms with Gasteiger partial charge >= 0.3 is 12.0 Å². The molecule has 3 aliphatic heterocycles. The van der Waals surface area contributed by atoms with Crippen molar-refractivity contribution in [3.8, 4) is 0 Å². The first-order valence-electron chi connectivity index (χ1n) is 10.2. The molecule has 28 heavy (non-hydrogen) atoms. The second-order valence-corrected chi connectivity index (χ2v) is 8.14. The van der Waals surface area contributed by atoms with Crippen LogP contribution in [0.4, 0.5) is 9.18 Å². The summed E-state index contributed by atoms with van der Waals surface area (Å²) >= 11 is 0. The van der Waals surface area contributed by atoms with E-state index in [9.17, 15) is 14.0 Å². The Labute approximate surface area is 165 Å². The lowest BCUT2D eigenvalue weighted by Crippen LogP contribution is -2.50. The Hall–Kier alpha value is -2.15. The molecule has 1 aromatic carbocycles. The van der Waals surface area contributed by atoms with Gasteiger partial charge in [-0.2, -0.15) is 0 Å². The van der Waals surface area contributed by atoms with E-state index in [2.05, 4.69) is 4.90 Å². The van der Waals surface area contributed by atoms with E-state index in [0.717, 1.165) is 19.6 Å². The molecule has 1 aromatic rings. The maximum Gasteiger partial charge on any atom is 0.342 e. The zero-order valence-electron chi connectivity index (χ0n) is 16.5. The van der Waals surface area contributed by atoms with Crippen molar-refractivity contribution in [3.63, 3.8) is 0 Å². The van der Waals surface area contributed by atoms with E-state index < -0.39 is 17.4 Å². The summed E-state index contributed by atoms with van der Waals surface area (Å²) in [4.78, 5) is 31.0. The van der Waals surface area contributed by atoms with Crippen molar-refractivity contribution >= 4 is 12.0 Å². The van der Waals surface area contributed by atoms with Crippen LogP contribution in [0, 0.1) is 5.82 Å². The number of likely N-dealkylation sites (N-methyl/N-ethyl adjacent to an activating group) is 1. The van der Waals surface area contributed by atoms with Crippen LogP contribution in [0.2, 0.25) is 0 Å². The van der Waals surface area contributed by atoms with E-state index in [4.69, 9.17) is 4.74 Å². The highest BCUT2D eigenvalue weighted by Crippen LogP contribution is 2.44. The topological polar surface area (TPSA) is 53.1 Å². The number of ether oxygens (including phenoxy) is 1. The summed E-state index contributed by atoms with van der Waals surface area (Å²) in [6.45, 7) is 4.85. The quantitative estimate of drug-likeness (QED) is 0.746. The molecule has 3 heterocycles. The minimum Gasteiger partial charge on any atom is -0.450 e. The molecule has 2 saturated heterocycles. The number of esters is 1. The molecule has 1 spiro atoms. The molecular weight excluding hydrogens is 361 g/mol. The molecule has 4 rings (SSSR count). The Balaban J connectivity index is 1.35. The number of nitrogens with zero attached hydrogens (tertiary/aromatic N) is 3. The number of fused-ring (bicyclic) bond motifs is 2. The summed E-state index contributed by atoms with van der Waals surface area (Å²) in [6.07, 6.45) is 4.79. The fraction of sp³-hybridized carbons (Fsp3) is 0.619. The van der Waals surface area contributed by atoms with Crippen LogP contribution < -0.4 is 0 Å². The predicted octanol–water partition coefficient (Wildman–Crippen LogP) is 2.82. The van der Waals surface area contributed by atoms with Crippen molar-refractivity contribution in [3.05, 3.63) is 35.1 Å². The van der Waals surface area contributed by atoms with Crippen molar-refractivity contribution in [1.29, 1.82) is 0 Å². The van der Waals surface area contributed by atoms with Gasteiger partial charge in [0.05, 0.1) is 0 Å². The zero-order chi connectivity index (χ0) is 19.7. The SMILES string of the molecule is CN(CCN1CCCCC1)C(=O)N1CCC2(CC1)OC(=O)c1c(F)cccc12. The molecule has 0 radical (unpaired) electrons. The maximum absolute atomic E-state index is 14.1. The van der Waals surface area contributed by atoms with Gasteiger partial charge in [-0.15, -0.1) is 0 Å². The summed E-state index contributed by atoms with van der Waals surface area (Å²) in [6, 6.07) is 4.68. The number of amides is 2. The number of carbonyl (C=O) groups excluding carboxylic acids is 2. The number of piperidine rings is 2. The van der Waals surface area contributed by atoms with Crippen molar-refractivity contribution in [2.45, 2.75) is 37.7 Å². The lowest BCUT2D eigenvalue weighted by Gasteiger charge is -2.40. The maximum atomic E-state index is 14.1. The van der Waals surface area contributed by atoms with Crippen LogP contribution in [0.1, 0.15) is 48.0 Å². The van der Waals surface area contributed by atoms with Gasteiger partial charge in [0, 0.05) is 51.6 Å². The largest absolute Gasteiger partial charge is 0.450 e. The van der Waals surface area contributed by atoms with Gasteiger partial charge in [-0.1, -0.05) is 18.6 Å². The van der Waals surface area contributed by atoms with Gasteiger partial charge in [-0.25, -0.2) is 14.0 Å². The highest BCUT2D eigenvalue weighted by atomic mass is 19.1. The smallest absolute Gasteiger partial charge is 0.342 e. The van der Waals surface area contributed by atoms with Gasteiger partial charge < -0.3 is 19.4 Å². The third kappa shape index (κ3) is 3.48. The van der Waals surface area contributed by atoms with Gasteiger partial charge in [-0.05, 0) is 32.0 Å². The normalized spacial score (nSPS) is 21.5. The van der Waals surface area contributed by atoms with E-state index >= 15 is 0 Å². The number of urea groups is 1. The predicted molar refractivity (Wildman–Crippen MR) is 103 cm³/mol. The minimum absolute atomic E-state index is 0.00986. The summed E-state index contributed by atoms with van der Waals surface area (Å²) in [5, 5.41) is 0. The fourth-order valence-corrected chi connectivity index (χ4v) is 4.64. The number of hydrogen-bond acceptors (Lipinski definition) is 4. The molecule has 0 N–H and O–H groups in total. The molecular formula is C21H28FN3O3. The van der Waals surface area contributed by atoms with Gasteiger partial charge in [-0.3, -0.25) is 0 Å². The number of rotatable bonds is 3. The first-order valence-corrected chi connectivity index (χ1v) is 10.2. The Bertz CT molecular complexity index is 755. The van der Waals surface area contributed by atoms with Crippen LogP contribution in [0.5, 0.6) is 0 Å². The average molecular weight is 389 g/mol.